The predicted molar refractivity (Wildman–Crippen MR) is 74.0 cm³/mol. The van der Waals surface area contributed by atoms with Gasteiger partial charge in [-0.3, -0.25) is 9.78 Å². The van der Waals surface area contributed by atoms with E-state index in [1.54, 1.807) is 13.2 Å². The van der Waals surface area contributed by atoms with E-state index in [0.717, 1.165) is 17.9 Å². The third-order valence-electron chi connectivity index (χ3n) is 2.57. The van der Waals surface area contributed by atoms with Crippen molar-refractivity contribution < 1.29 is 4.79 Å². The Bertz CT molecular complexity index is 417. The molecule has 1 aromatic rings. The van der Waals surface area contributed by atoms with Gasteiger partial charge in [0.15, 0.2) is 0 Å². The minimum atomic E-state index is -0.0961. The van der Waals surface area contributed by atoms with Crippen molar-refractivity contribution >= 4 is 11.6 Å². The van der Waals surface area contributed by atoms with E-state index in [-0.39, 0.29) is 11.9 Å². The molecule has 2 N–H and O–H groups in total. The molecule has 0 aliphatic carbocycles. The monoisotopic (exact) mass is 250 g/mol. The van der Waals surface area contributed by atoms with E-state index < -0.39 is 0 Å². The van der Waals surface area contributed by atoms with Gasteiger partial charge in [-0.2, -0.15) is 0 Å². The molecule has 0 aliphatic heterocycles. The first kappa shape index (κ1) is 14.4. The molecule has 0 spiro atoms. The van der Waals surface area contributed by atoms with Crippen LogP contribution in [-0.4, -0.2) is 49.5 Å². The van der Waals surface area contributed by atoms with Crippen LogP contribution in [0, 0.1) is 6.92 Å². The maximum atomic E-state index is 12.1. The summed E-state index contributed by atoms with van der Waals surface area (Å²) in [5, 5.41) is 5.98. The summed E-state index contributed by atoms with van der Waals surface area (Å²) in [6, 6.07) is 1.96. The van der Waals surface area contributed by atoms with E-state index in [4.69, 9.17) is 0 Å². The molecule has 0 fully saturated rings. The van der Waals surface area contributed by atoms with Gasteiger partial charge >= 0.3 is 0 Å². The standard InChI is InChI=1S/C13H22N4O/c1-9-6-12(14-3)11(7-15-9)13(18)16-10(2)8-17(4)5/h6-7,10H,8H2,1-5H3,(H,14,15)(H,16,18). The number of nitrogens with zero attached hydrogens (tertiary/aromatic N) is 2. The van der Waals surface area contributed by atoms with E-state index in [2.05, 4.69) is 15.6 Å². The highest BCUT2D eigenvalue weighted by Crippen LogP contribution is 2.14. The van der Waals surface area contributed by atoms with Gasteiger partial charge in [-0.25, -0.2) is 0 Å². The van der Waals surface area contributed by atoms with Gasteiger partial charge in [0.1, 0.15) is 0 Å². The molecule has 1 unspecified atom stereocenters. The van der Waals surface area contributed by atoms with Crippen molar-refractivity contribution in [3.05, 3.63) is 23.5 Å². The summed E-state index contributed by atoms with van der Waals surface area (Å²) in [5.74, 6) is -0.0961. The number of carbonyl (C=O) groups excluding carboxylic acids is 1. The molecule has 1 heterocycles. The number of hydrogen-bond acceptors (Lipinski definition) is 4. The fraction of sp³-hybridized carbons (Fsp3) is 0.538. The van der Waals surface area contributed by atoms with Gasteiger partial charge in [-0.15, -0.1) is 0 Å². The molecule has 0 radical (unpaired) electrons. The highest BCUT2D eigenvalue weighted by atomic mass is 16.1. The molecule has 0 saturated heterocycles. The number of pyridine rings is 1. The number of nitrogens with one attached hydrogen (secondary N) is 2. The largest absolute Gasteiger partial charge is 0.387 e. The Balaban J connectivity index is 2.78. The first-order chi connectivity index (χ1) is 8.43. The van der Waals surface area contributed by atoms with Crippen LogP contribution in [0.5, 0.6) is 0 Å². The number of rotatable bonds is 5. The molecule has 18 heavy (non-hydrogen) atoms. The lowest BCUT2D eigenvalue weighted by atomic mass is 10.2. The van der Waals surface area contributed by atoms with Crippen LogP contribution in [0.25, 0.3) is 0 Å². The number of likely N-dealkylation sites (N-methyl/N-ethyl adjacent to an activating group) is 1. The Hall–Kier alpha value is -1.62. The fourth-order valence-corrected chi connectivity index (χ4v) is 1.84. The second-order valence-electron chi connectivity index (χ2n) is 4.76. The van der Waals surface area contributed by atoms with Crippen LogP contribution in [0.3, 0.4) is 0 Å². The average molecular weight is 250 g/mol. The van der Waals surface area contributed by atoms with Crippen LogP contribution in [0.4, 0.5) is 5.69 Å². The minimum absolute atomic E-state index is 0.0958. The highest BCUT2D eigenvalue weighted by Gasteiger charge is 2.14. The van der Waals surface area contributed by atoms with Crippen LogP contribution in [0.2, 0.25) is 0 Å². The molecule has 1 rings (SSSR count). The second kappa shape index (κ2) is 6.35. The molecule has 0 aromatic carbocycles. The van der Waals surface area contributed by atoms with E-state index >= 15 is 0 Å². The van der Waals surface area contributed by atoms with E-state index in [9.17, 15) is 4.79 Å². The van der Waals surface area contributed by atoms with Gasteiger partial charge in [0.2, 0.25) is 0 Å². The second-order valence-corrected chi connectivity index (χ2v) is 4.76. The van der Waals surface area contributed by atoms with Crippen molar-refractivity contribution in [1.29, 1.82) is 0 Å². The van der Waals surface area contributed by atoms with Gasteiger partial charge in [-0.1, -0.05) is 0 Å². The average Bonchev–Trinajstić information content (AvgIpc) is 2.27. The molecular weight excluding hydrogens is 228 g/mol. The first-order valence-corrected chi connectivity index (χ1v) is 6.04. The Morgan fingerprint density at radius 1 is 1.50 bits per heavy atom. The van der Waals surface area contributed by atoms with Crippen molar-refractivity contribution in [3.8, 4) is 0 Å². The zero-order valence-electron chi connectivity index (χ0n) is 11.7. The van der Waals surface area contributed by atoms with Crippen molar-refractivity contribution in [2.75, 3.05) is 33.0 Å². The van der Waals surface area contributed by atoms with E-state index in [1.807, 2.05) is 38.9 Å². The molecule has 1 amide bonds. The third kappa shape index (κ3) is 4.00. The van der Waals surface area contributed by atoms with E-state index in [1.165, 1.54) is 0 Å². The SMILES string of the molecule is CNc1cc(C)ncc1C(=O)NC(C)CN(C)C. The smallest absolute Gasteiger partial charge is 0.255 e. The summed E-state index contributed by atoms with van der Waals surface area (Å²) in [6.07, 6.45) is 1.61. The normalized spacial score (nSPS) is 12.3. The molecular formula is C13H22N4O. The summed E-state index contributed by atoms with van der Waals surface area (Å²) in [6.45, 7) is 4.69. The Morgan fingerprint density at radius 2 is 2.17 bits per heavy atom. The van der Waals surface area contributed by atoms with Crippen LogP contribution < -0.4 is 10.6 Å². The van der Waals surface area contributed by atoms with Crippen molar-refractivity contribution in [2.45, 2.75) is 19.9 Å². The lowest BCUT2D eigenvalue weighted by molar-refractivity contribution is 0.0935. The van der Waals surface area contributed by atoms with Crippen LogP contribution in [0.15, 0.2) is 12.3 Å². The van der Waals surface area contributed by atoms with Gasteiger partial charge in [0.25, 0.3) is 5.91 Å². The van der Waals surface area contributed by atoms with Crippen LogP contribution >= 0.6 is 0 Å². The third-order valence-corrected chi connectivity index (χ3v) is 2.57. The van der Waals surface area contributed by atoms with Crippen LogP contribution in [0.1, 0.15) is 23.0 Å². The number of anilines is 1. The molecule has 100 valence electrons. The van der Waals surface area contributed by atoms with Gasteiger partial charge < -0.3 is 15.5 Å². The Labute approximate surface area is 109 Å². The van der Waals surface area contributed by atoms with Gasteiger partial charge in [0.05, 0.1) is 11.3 Å². The summed E-state index contributed by atoms with van der Waals surface area (Å²) in [4.78, 5) is 18.3. The van der Waals surface area contributed by atoms with Gasteiger partial charge in [-0.05, 0) is 34.0 Å². The van der Waals surface area contributed by atoms with Crippen molar-refractivity contribution in [1.82, 2.24) is 15.2 Å². The molecule has 5 heteroatoms. The predicted octanol–water partition coefficient (Wildman–Crippen LogP) is 1.11. The molecule has 0 bridgehead atoms. The minimum Gasteiger partial charge on any atom is -0.387 e. The zero-order chi connectivity index (χ0) is 13.7. The molecule has 1 aromatic heterocycles. The van der Waals surface area contributed by atoms with Gasteiger partial charge in [0, 0.05) is 31.5 Å². The lowest BCUT2D eigenvalue weighted by Gasteiger charge is -2.19. The zero-order valence-corrected chi connectivity index (χ0v) is 11.7. The summed E-state index contributed by atoms with van der Waals surface area (Å²) in [7, 11) is 5.76. The fourth-order valence-electron chi connectivity index (χ4n) is 1.84. The number of carbonyl (C=O) groups is 1. The number of aromatic nitrogens is 1. The number of hydrogen-bond donors (Lipinski definition) is 2. The molecule has 1 atom stereocenters. The summed E-state index contributed by atoms with van der Waals surface area (Å²) in [5.41, 5.74) is 2.27. The molecule has 0 saturated carbocycles. The van der Waals surface area contributed by atoms with E-state index in [0.29, 0.717) is 5.56 Å². The number of aryl methyl sites for hydroxylation is 1. The van der Waals surface area contributed by atoms with Crippen LogP contribution in [-0.2, 0) is 0 Å². The topological polar surface area (TPSA) is 57.3 Å². The maximum absolute atomic E-state index is 12.1. The quantitative estimate of drug-likeness (QED) is 0.822. The van der Waals surface area contributed by atoms with Crippen molar-refractivity contribution in [2.24, 2.45) is 0 Å². The Kier molecular flexibility index (Phi) is 5.09. The highest BCUT2D eigenvalue weighted by molar-refractivity contribution is 5.99. The summed E-state index contributed by atoms with van der Waals surface area (Å²) < 4.78 is 0. The lowest BCUT2D eigenvalue weighted by Crippen LogP contribution is -2.39. The maximum Gasteiger partial charge on any atom is 0.255 e. The molecule has 5 nitrogen and oxygen atoms in total. The first-order valence-electron chi connectivity index (χ1n) is 6.04. The summed E-state index contributed by atoms with van der Waals surface area (Å²) >= 11 is 0. The molecule has 0 aliphatic rings. The Morgan fingerprint density at radius 3 is 2.72 bits per heavy atom. The number of amides is 1. The van der Waals surface area contributed by atoms with Crippen molar-refractivity contribution in [3.63, 3.8) is 0 Å².